The molecule has 0 unspecified atom stereocenters. The summed E-state index contributed by atoms with van der Waals surface area (Å²) in [7, 11) is 0. The van der Waals surface area contributed by atoms with E-state index in [2.05, 4.69) is 10.4 Å². The largest absolute Gasteiger partial charge is 0.508 e. The second-order valence-electron chi connectivity index (χ2n) is 4.28. The molecule has 1 heterocycles. The average molecular weight is 275 g/mol. The summed E-state index contributed by atoms with van der Waals surface area (Å²) in [5, 5.41) is 24.4. The lowest BCUT2D eigenvalue weighted by molar-refractivity contribution is -0.137. The van der Waals surface area contributed by atoms with Crippen LogP contribution in [0.25, 0.3) is 0 Å². The van der Waals surface area contributed by atoms with Gasteiger partial charge in [-0.25, -0.2) is 0 Å². The zero-order chi connectivity index (χ0) is 14.7. The Morgan fingerprint density at radius 1 is 1.40 bits per heavy atom. The number of carboxylic acids is 1. The van der Waals surface area contributed by atoms with Gasteiger partial charge in [0.05, 0.1) is 11.9 Å². The SMILES string of the molecule is Cc1cc(C(=O)Nc2cnn(CC(=O)O)c2)ccc1O. The molecule has 2 aromatic rings. The van der Waals surface area contributed by atoms with Gasteiger partial charge in [0.15, 0.2) is 0 Å². The highest BCUT2D eigenvalue weighted by atomic mass is 16.4. The molecule has 0 aliphatic heterocycles. The molecule has 0 saturated heterocycles. The molecule has 7 heteroatoms. The predicted molar refractivity (Wildman–Crippen MR) is 70.7 cm³/mol. The van der Waals surface area contributed by atoms with Gasteiger partial charge < -0.3 is 15.5 Å². The topological polar surface area (TPSA) is 104 Å². The Hall–Kier alpha value is -2.83. The number of nitrogens with one attached hydrogen (secondary N) is 1. The molecular formula is C13H13N3O4. The summed E-state index contributed by atoms with van der Waals surface area (Å²) in [6.07, 6.45) is 2.80. The molecule has 0 spiro atoms. The lowest BCUT2D eigenvalue weighted by atomic mass is 10.1. The second kappa shape index (κ2) is 5.43. The van der Waals surface area contributed by atoms with Crippen LogP contribution in [0.4, 0.5) is 5.69 Å². The summed E-state index contributed by atoms with van der Waals surface area (Å²) in [6, 6.07) is 4.50. The minimum absolute atomic E-state index is 0.121. The van der Waals surface area contributed by atoms with Gasteiger partial charge in [-0.3, -0.25) is 14.3 Å². The molecular weight excluding hydrogens is 262 g/mol. The van der Waals surface area contributed by atoms with Crippen LogP contribution < -0.4 is 5.32 Å². The highest BCUT2D eigenvalue weighted by molar-refractivity contribution is 6.04. The summed E-state index contributed by atoms with van der Waals surface area (Å²) in [5.74, 6) is -1.25. The number of nitrogens with zero attached hydrogens (tertiary/aromatic N) is 2. The molecule has 1 aromatic heterocycles. The van der Waals surface area contributed by atoms with Crippen molar-refractivity contribution >= 4 is 17.6 Å². The number of aliphatic carboxylic acids is 1. The number of hydrogen-bond donors (Lipinski definition) is 3. The van der Waals surface area contributed by atoms with Gasteiger partial charge in [0.2, 0.25) is 0 Å². The Morgan fingerprint density at radius 3 is 2.80 bits per heavy atom. The van der Waals surface area contributed by atoms with Gasteiger partial charge in [-0.05, 0) is 30.7 Å². The molecule has 1 amide bonds. The van der Waals surface area contributed by atoms with Crippen LogP contribution in [-0.2, 0) is 11.3 Å². The van der Waals surface area contributed by atoms with E-state index in [0.29, 0.717) is 16.8 Å². The van der Waals surface area contributed by atoms with Crippen molar-refractivity contribution in [1.82, 2.24) is 9.78 Å². The van der Waals surface area contributed by atoms with Crippen LogP contribution in [0.2, 0.25) is 0 Å². The number of amides is 1. The van der Waals surface area contributed by atoms with Crippen molar-refractivity contribution in [2.45, 2.75) is 13.5 Å². The third kappa shape index (κ3) is 3.14. The van der Waals surface area contributed by atoms with Gasteiger partial charge in [-0.2, -0.15) is 5.10 Å². The maximum absolute atomic E-state index is 12.0. The van der Waals surface area contributed by atoms with Gasteiger partial charge in [0.25, 0.3) is 5.91 Å². The number of carbonyl (C=O) groups excluding carboxylic acids is 1. The molecule has 1 aromatic carbocycles. The Morgan fingerprint density at radius 2 is 2.15 bits per heavy atom. The fourth-order valence-corrected chi connectivity index (χ4v) is 1.65. The summed E-state index contributed by atoms with van der Waals surface area (Å²) < 4.78 is 1.21. The number of aromatic nitrogens is 2. The number of rotatable bonds is 4. The molecule has 0 radical (unpaired) electrons. The maximum Gasteiger partial charge on any atom is 0.325 e. The second-order valence-corrected chi connectivity index (χ2v) is 4.28. The first-order valence-electron chi connectivity index (χ1n) is 5.81. The van der Waals surface area contributed by atoms with Crippen LogP contribution in [-0.4, -0.2) is 31.9 Å². The zero-order valence-corrected chi connectivity index (χ0v) is 10.7. The fraction of sp³-hybridized carbons (Fsp3) is 0.154. The molecule has 7 nitrogen and oxygen atoms in total. The van der Waals surface area contributed by atoms with E-state index in [1.54, 1.807) is 13.0 Å². The van der Waals surface area contributed by atoms with E-state index in [9.17, 15) is 14.7 Å². The smallest absolute Gasteiger partial charge is 0.325 e. The van der Waals surface area contributed by atoms with Gasteiger partial charge in [0, 0.05) is 11.8 Å². The standard InChI is InChI=1S/C13H13N3O4/c1-8-4-9(2-3-11(8)17)13(20)15-10-5-14-16(6-10)7-12(18)19/h2-6,17H,7H2,1H3,(H,15,20)(H,18,19). The molecule has 104 valence electrons. The fourth-order valence-electron chi connectivity index (χ4n) is 1.65. The van der Waals surface area contributed by atoms with Crippen molar-refractivity contribution in [1.29, 1.82) is 0 Å². The van der Waals surface area contributed by atoms with Crippen molar-refractivity contribution in [3.8, 4) is 5.75 Å². The van der Waals surface area contributed by atoms with E-state index in [1.165, 1.54) is 29.2 Å². The van der Waals surface area contributed by atoms with Crippen molar-refractivity contribution in [2.24, 2.45) is 0 Å². The molecule has 0 saturated carbocycles. The molecule has 0 fully saturated rings. The molecule has 0 aliphatic carbocycles. The Labute approximate surface area is 114 Å². The Balaban J connectivity index is 2.09. The first-order valence-corrected chi connectivity index (χ1v) is 5.81. The quantitative estimate of drug-likeness (QED) is 0.778. The van der Waals surface area contributed by atoms with Gasteiger partial charge in [0.1, 0.15) is 12.3 Å². The van der Waals surface area contributed by atoms with Crippen LogP contribution in [0.3, 0.4) is 0 Å². The highest BCUT2D eigenvalue weighted by Crippen LogP contribution is 2.18. The zero-order valence-electron chi connectivity index (χ0n) is 10.7. The summed E-state index contributed by atoms with van der Waals surface area (Å²) >= 11 is 0. The predicted octanol–water partition coefficient (Wildman–Crippen LogP) is 1.23. The van der Waals surface area contributed by atoms with E-state index in [-0.39, 0.29) is 18.2 Å². The number of phenols is 1. The number of aromatic hydroxyl groups is 1. The van der Waals surface area contributed by atoms with Crippen molar-refractivity contribution in [3.63, 3.8) is 0 Å². The van der Waals surface area contributed by atoms with Crippen LogP contribution in [0.5, 0.6) is 5.75 Å². The molecule has 0 aliphatic rings. The summed E-state index contributed by atoms with van der Waals surface area (Å²) in [4.78, 5) is 22.5. The Kier molecular flexibility index (Phi) is 3.69. The number of benzene rings is 1. The molecule has 2 rings (SSSR count). The van der Waals surface area contributed by atoms with Crippen molar-refractivity contribution < 1.29 is 19.8 Å². The maximum atomic E-state index is 12.0. The normalized spacial score (nSPS) is 10.2. The number of anilines is 1. The number of aryl methyl sites for hydroxylation is 1. The lowest BCUT2D eigenvalue weighted by Crippen LogP contribution is -2.12. The monoisotopic (exact) mass is 275 g/mol. The molecule has 0 bridgehead atoms. The van der Waals surface area contributed by atoms with Gasteiger partial charge in [-0.15, -0.1) is 0 Å². The third-order valence-electron chi connectivity index (χ3n) is 2.65. The van der Waals surface area contributed by atoms with Crippen LogP contribution in [0.1, 0.15) is 15.9 Å². The van der Waals surface area contributed by atoms with E-state index in [1.807, 2.05) is 0 Å². The van der Waals surface area contributed by atoms with E-state index < -0.39 is 5.97 Å². The number of carbonyl (C=O) groups is 2. The molecule has 0 atom stereocenters. The Bertz CT molecular complexity index is 663. The van der Waals surface area contributed by atoms with Crippen LogP contribution in [0, 0.1) is 6.92 Å². The summed E-state index contributed by atoms with van der Waals surface area (Å²) in [6.45, 7) is 1.42. The average Bonchev–Trinajstić information content (AvgIpc) is 2.79. The van der Waals surface area contributed by atoms with E-state index in [0.717, 1.165) is 0 Å². The van der Waals surface area contributed by atoms with E-state index in [4.69, 9.17) is 5.11 Å². The summed E-state index contributed by atoms with van der Waals surface area (Å²) in [5.41, 5.74) is 1.40. The highest BCUT2D eigenvalue weighted by Gasteiger charge is 2.09. The number of carboxylic acid groups (broad SMARTS) is 1. The third-order valence-corrected chi connectivity index (χ3v) is 2.65. The first kappa shape index (κ1) is 13.6. The van der Waals surface area contributed by atoms with E-state index >= 15 is 0 Å². The van der Waals surface area contributed by atoms with Gasteiger partial charge in [-0.1, -0.05) is 0 Å². The van der Waals surface area contributed by atoms with Gasteiger partial charge >= 0.3 is 5.97 Å². The van der Waals surface area contributed by atoms with Crippen LogP contribution in [0.15, 0.2) is 30.6 Å². The first-order chi connectivity index (χ1) is 9.45. The van der Waals surface area contributed by atoms with Crippen LogP contribution >= 0.6 is 0 Å². The molecule has 3 N–H and O–H groups in total. The van der Waals surface area contributed by atoms with Crippen molar-refractivity contribution in [2.75, 3.05) is 5.32 Å². The molecule has 20 heavy (non-hydrogen) atoms. The number of phenolic OH excluding ortho intramolecular Hbond substituents is 1. The van der Waals surface area contributed by atoms with Crippen molar-refractivity contribution in [3.05, 3.63) is 41.7 Å². The minimum Gasteiger partial charge on any atom is -0.508 e. The lowest BCUT2D eigenvalue weighted by Gasteiger charge is -2.04. The minimum atomic E-state index is -1.01. The number of hydrogen-bond acceptors (Lipinski definition) is 4.